The van der Waals surface area contributed by atoms with Gasteiger partial charge in [0.25, 0.3) is 0 Å². The molecule has 0 aliphatic heterocycles. The molecule has 1 rings (SSSR count). The number of aliphatic carboxylic acids is 1. The zero-order valence-electron chi connectivity index (χ0n) is 7.14. The van der Waals surface area contributed by atoms with Gasteiger partial charge in [-0.15, -0.1) is 0 Å². The molecule has 0 spiro atoms. The molecule has 0 aromatic heterocycles. The van der Waals surface area contributed by atoms with E-state index < -0.39 is 22.0 Å². The molecule has 0 heterocycles. The summed E-state index contributed by atoms with van der Waals surface area (Å²) >= 11 is 0. The van der Waals surface area contributed by atoms with Crippen LogP contribution in [0.1, 0.15) is 10.8 Å². The molecule has 1 aromatic rings. The van der Waals surface area contributed by atoms with Crippen molar-refractivity contribution in [2.75, 3.05) is 6.26 Å². The number of carbonyl (C=O) groups is 1. The van der Waals surface area contributed by atoms with E-state index in [1.807, 2.05) is 0 Å². The maximum Gasteiger partial charge on any atom is 0.323 e. The first-order valence-corrected chi connectivity index (χ1v) is 5.35. The summed E-state index contributed by atoms with van der Waals surface area (Å²) in [5.41, 5.74) is 0.579. The van der Waals surface area contributed by atoms with Gasteiger partial charge in [-0.25, -0.2) is 0 Å². The molecule has 0 amide bonds. The lowest BCUT2D eigenvalue weighted by Gasteiger charge is -2.08. The first-order valence-electron chi connectivity index (χ1n) is 3.73. The van der Waals surface area contributed by atoms with Gasteiger partial charge < -0.3 is 5.11 Å². The summed E-state index contributed by atoms with van der Waals surface area (Å²) in [7, 11) is -1.38. The van der Waals surface area contributed by atoms with E-state index in [1.165, 1.54) is 6.26 Å². The predicted molar refractivity (Wildman–Crippen MR) is 50.9 cm³/mol. The minimum absolute atomic E-state index is 0.579. The normalized spacial score (nSPS) is 14.8. The molecule has 0 saturated heterocycles. The molecule has 2 atom stereocenters. The van der Waals surface area contributed by atoms with Crippen molar-refractivity contribution in [3.05, 3.63) is 35.9 Å². The Morgan fingerprint density at radius 2 is 1.92 bits per heavy atom. The van der Waals surface area contributed by atoms with Crippen LogP contribution in [0.15, 0.2) is 30.3 Å². The van der Waals surface area contributed by atoms with Crippen molar-refractivity contribution in [3.8, 4) is 0 Å². The topological polar surface area (TPSA) is 54.4 Å². The van der Waals surface area contributed by atoms with Crippen molar-refractivity contribution in [2.45, 2.75) is 5.25 Å². The van der Waals surface area contributed by atoms with Gasteiger partial charge in [0.2, 0.25) is 0 Å². The molecule has 1 aromatic carbocycles. The number of benzene rings is 1. The molecule has 0 aliphatic carbocycles. The van der Waals surface area contributed by atoms with E-state index in [1.54, 1.807) is 30.3 Å². The van der Waals surface area contributed by atoms with E-state index in [9.17, 15) is 9.00 Å². The minimum Gasteiger partial charge on any atom is -0.480 e. The number of rotatable bonds is 3. The van der Waals surface area contributed by atoms with Crippen LogP contribution in [0.25, 0.3) is 0 Å². The molecule has 2 unspecified atom stereocenters. The molecule has 0 fully saturated rings. The molecule has 13 heavy (non-hydrogen) atoms. The lowest BCUT2D eigenvalue weighted by Crippen LogP contribution is -2.15. The highest BCUT2D eigenvalue weighted by Gasteiger charge is 2.22. The molecule has 0 bridgehead atoms. The summed E-state index contributed by atoms with van der Waals surface area (Å²) in [6, 6.07) is 8.59. The Balaban J connectivity index is 3.03. The molecule has 4 heteroatoms. The molecule has 3 nitrogen and oxygen atoms in total. The number of carboxylic acids is 1. The average Bonchev–Trinajstić information content (AvgIpc) is 2.04. The van der Waals surface area contributed by atoms with Gasteiger partial charge in [-0.1, -0.05) is 30.3 Å². The zero-order chi connectivity index (χ0) is 9.84. The van der Waals surface area contributed by atoms with Crippen molar-refractivity contribution in [3.63, 3.8) is 0 Å². The third kappa shape index (κ3) is 2.39. The Labute approximate surface area is 78.9 Å². The van der Waals surface area contributed by atoms with Crippen molar-refractivity contribution in [2.24, 2.45) is 0 Å². The van der Waals surface area contributed by atoms with Crippen LogP contribution in [-0.2, 0) is 15.6 Å². The van der Waals surface area contributed by atoms with Crippen LogP contribution in [0.3, 0.4) is 0 Å². The van der Waals surface area contributed by atoms with Crippen molar-refractivity contribution >= 4 is 16.8 Å². The van der Waals surface area contributed by atoms with Crippen LogP contribution in [-0.4, -0.2) is 21.5 Å². The molecule has 0 saturated carbocycles. The Hall–Kier alpha value is -1.16. The maximum atomic E-state index is 11.1. The first kappa shape index (κ1) is 9.92. The quantitative estimate of drug-likeness (QED) is 0.793. The van der Waals surface area contributed by atoms with Crippen LogP contribution < -0.4 is 0 Å². The molecular weight excluding hydrogens is 188 g/mol. The fourth-order valence-corrected chi connectivity index (χ4v) is 1.93. The van der Waals surface area contributed by atoms with E-state index in [-0.39, 0.29) is 0 Å². The molecule has 1 N–H and O–H groups in total. The third-order valence-corrected chi connectivity index (χ3v) is 2.80. The Morgan fingerprint density at radius 1 is 1.38 bits per heavy atom. The zero-order valence-corrected chi connectivity index (χ0v) is 7.95. The van der Waals surface area contributed by atoms with Crippen LogP contribution in [0.5, 0.6) is 0 Å². The molecule has 0 aliphatic rings. The number of hydrogen-bond acceptors (Lipinski definition) is 2. The molecular formula is C9H10O3S. The lowest BCUT2D eigenvalue weighted by atomic mass is 10.1. The van der Waals surface area contributed by atoms with Gasteiger partial charge in [-0.3, -0.25) is 9.00 Å². The third-order valence-electron chi connectivity index (χ3n) is 1.66. The van der Waals surface area contributed by atoms with E-state index in [0.29, 0.717) is 5.56 Å². The van der Waals surface area contributed by atoms with E-state index in [0.717, 1.165) is 0 Å². The van der Waals surface area contributed by atoms with Gasteiger partial charge in [-0.2, -0.15) is 0 Å². The maximum absolute atomic E-state index is 11.1. The number of carboxylic acid groups (broad SMARTS) is 1. The highest BCUT2D eigenvalue weighted by Crippen LogP contribution is 2.18. The van der Waals surface area contributed by atoms with E-state index in [4.69, 9.17) is 5.11 Å². The second-order valence-electron chi connectivity index (χ2n) is 2.63. The van der Waals surface area contributed by atoms with E-state index >= 15 is 0 Å². The fraction of sp³-hybridized carbons (Fsp3) is 0.222. The highest BCUT2D eigenvalue weighted by molar-refractivity contribution is 7.85. The molecule has 70 valence electrons. The van der Waals surface area contributed by atoms with Crippen molar-refractivity contribution < 1.29 is 14.1 Å². The summed E-state index contributed by atoms with van der Waals surface area (Å²) in [5.74, 6) is -1.05. The van der Waals surface area contributed by atoms with E-state index in [2.05, 4.69) is 0 Å². The SMILES string of the molecule is CS(=O)C(C(=O)O)c1ccccc1. The lowest BCUT2D eigenvalue weighted by molar-refractivity contribution is -0.136. The Bertz CT molecular complexity index is 307. The van der Waals surface area contributed by atoms with Gasteiger partial charge in [0.05, 0.1) is 0 Å². The van der Waals surface area contributed by atoms with Crippen LogP contribution in [0, 0.1) is 0 Å². The predicted octanol–water partition coefficient (Wildman–Crippen LogP) is 1.19. The summed E-state index contributed by atoms with van der Waals surface area (Å²) in [6.07, 6.45) is 1.39. The fourth-order valence-electron chi connectivity index (χ4n) is 1.10. The second-order valence-corrected chi connectivity index (χ2v) is 4.10. The Kier molecular flexibility index (Phi) is 3.19. The summed E-state index contributed by atoms with van der Waals surface area (Å²) < 4.78 is 11.1. The second kappa shape index (κ2) is 4.18. The smallest absolute Gasteiger partial charge is 0.323 e. The molecule has 0 radical (unpaired) electrons. The van der Waals surface area contributed by atoms with Crippen LogP contribution in [0.2, 0.25) is 0 Å². The van der Waals surface area contributed by atoms with Crippen LogP contribution in [0.4, 0.5) is 0 Å². The number of hydrogen-bond donors (Lipinski definition) is 1. The first-order chi connectivity index (χ1) is 6.13. The average molecular weight is 198 g/mol. The van der Waals surface area contributed by atoms with Gasteiger partial charge >= 0.3 is 5.97 Å². The Morgan fingerprint density at radius 3 is 2.31 bits per heavy atom. The van der Waals surface area contributed by atoms with Gasteiger partial charge in [0.15, 0.2) is 5.25 Å². The summed E-state index contributed by atoms with van der Waals surface area (Å²) in [6.45, 7) is 0. The summed E-state index contributed by atoms with van der Waals surface area (Å²) in [4.78, 5) is 10.7. The highest BCUT2D eigenvalue weighted by atomic mass is 32.2. The van der Waals surface area contributed by atoms with Gasteiger partial charge in [0.1, 0.15) is 0 Å². The monoisotopic (exact) mass is 198 g/mol. The summed E-state index contributed by atoms with van der Waals surface area (Å²) in [5, 5.41) is 7.89. The minimum atomic E-state index is -1.38. The van der Waals surface area contributed by atoms with Gasteiger partial charge in [0, 0.05) is 17.1 Å². The van der Waals surface area contributed by atoms with Crippen molar-refractivity contribution in [1.82, 2.24) is 0 Å². The largest absolute Gasteiger partial charge is 0.480 e. The van der Waals surface area contributed by atoms with Crippen LogP contribution >= 0.6 is 0 Å². The van der Waals surface area contributed by atoms with Crippen molar-refractivity contribution in [1.29, 1.82) is 0 Å². The van der Waals surface area contributed by atoms with Gasteiger partial charge in [-0.05, 0) is 5.56 Å². The standard InChI is InChI=1S/C9H10O3S/c1-13(12)8(9(10)11)7-5-3-2-4-6-7/h2-6,8H,1H3,(H,10,11).